The second-order valence-corrected chi connectivity index (χ2v) is 4.46. The zero-order valence-electron chi connectivity index (χ0n) is 9.26. The Labute approximate surface area is 94.5 Å². The van der Waals surface area contributed by atoms with Gasteiger partial charge in [0.2, 0.25) is 0 Å². The SMILES string of the molecule is NCc1cnc2ccc(C3CCCC3)nn12. The van der Waals surface area contributed by atoms with Gasteiger partial charge in [-0.15, -0.1) is 0 Å². The van der Waals surface area contributed by atoms with Crippen LogP contribution in [0.5, 0.6) is 0 Å². The second kappa shape index (κ2) is 3.87. The standard InChI is InChI=1S/C12H16N4/c13-7-10-8-14-12-6-5-11(15-16(10)12)9-3-1-2-4-9/h5-6,8-9H,1-4,7,13H2. The van der Waals surface area contributed by atoms with Gasteiger partial charge in [0.25, 0.3) is 0 Å². The van der Waals surface area contributed by atoms with Crippen LogP contribution in [0.25, 0.3) is 5.65 Å². The van der Waals surface area contributed by atoms with E-state index in [1.165, 1.54) is 31.4 Å². The van der Waals surface area contributed by atoms with E-state index in [9.17, 15) is 0 Å². The Balaban J connectivity index is 2.06. The van der Waals surface area contributed by atoms with Crippen molar-refractivity contribution in [3.05, 3.63) is 29.7 Å². The van der Waals surface area contributed by atoms with Crippen molar-refractivity contribution < 1.29 is 0 Å². The molecular formula is C12H16N4. The van der Waals surface area contributed by atoms with Crippen molar-refractivity contribution in [1.82, 2.24) is 14.6 Å². The maximum atomic E-state index is 5.66. The van der Waals surface area contributed by atoms with Crippen molar-refractivity contribution in [3.63, 3.8) is 0 Å². The quantitative estimate of drug-likeness (QED) is 0.833. The van der Waals surface area contributed by atoms with Crippen LogP contribution in [0.4, 0.5) is 0 Å². The van der Waals surface area contributed by atoms with E-state index in [2.05, 4.69) is 16.1 Å². The fourth-order valence-corrected chi connectivity index (χ4v) is 2.51. The molecule has 0 unspecified atom stereocenters. The lowest BCUT2D eigenvalue weighted by Crippen LogP contribution is -2.07. The van der Waals surface area contributed by atoms with E-state index in [0.29, 0.717) is 12.5 Å². The monoisotopic (exact) mass is 216 g/mol. The molecule has 1 aliphatic rings. The summed E-state index contributed by atoms with van der Waals surface area (Å²) >= 11 is 0. The first-order valence-electron chi connectivity index (χ1n) is 5.92. The molecule has 2 aromatic rings. The van der Waals surface area contributed by atoms with E-state index in [0.717, 1.165) is 11.3 Å². The molecule has 2 aromatic heterocycles. The second-order valence-electron chi connectivity index (χ2n) is 4.46. The topological polar surface area (TPSA) is 56.2 Å². The van der Waals surface area contributed by atoms with E-state index >= 15 is 0 Å². The van der Waals surface area contributed by atoms with Crippen molar-refractivity contribution >= 4 is 5.65 Å². The number of hydrogen-bond acceptors (Lipinski definition) is 3. The normalized spacial score (nSPS) is 17.3. The van der Waals surface area contributed by atoms with Gasteiger partial charge in [0.05, 0.1) is 17.6 Å². The Morgan fingerprint density at radius 3 is 2.88 bits per heavy atom. The van der Waals surface area contributed by atoms with E-state index in [4.69, 9.17) is 5.73 Å². The lowest BCUT2D eigenvalue weighted by Gasteiger charge is -2.08. The van der Waals surface area contributed by atoms with Gasteiger partial charge in [-0.2, -0.15) is 5.10 Å². The molecule has 0 bridgehead atoms. The molecule has 1 saturated carbocycles. The number of aromatic nitrogens is 3. The Morgan fingerprint density at radius 2 is 2.12 bits per heavy atom. The Bertz CT molecular complexity index is 497. The highest BCUT2D eigenvalue weighted by molar-refractivity contribution is 5.39. The number of rotatable bonds is 2. The zero-order chi connectivity index (χ0) is 11.0. The van der Waals surface area contributed by atoms with Crippen LogP contribution in [0, 0.1) is 0 Å². The van der Waals surface area contributed by atoms with Gasteiger partial charge in [0, 0.05) is 12.5 Å². The largest absolute Gasteiger partial charge is 0.325 e. The molecule has 1 fully saturated rings. The van der Waals surface area contributed by atoms with E-state index in [1.807, 2.05) is 10.6 Å². The van der Waals surface area contributed by atoms with Crippen molar-refractivity contribution in [2.75, 3.05) is 0 Å². The van der Waals surface area contributed by atoms with Gasteiger partial charge in [0.15, 0.2) is 5.65 Å². The number of hydrogen-bond donors (Lipinski definition) is 1. The summed E-state index contributed by atoms with van der Waals surface area (Å²) in [5.41, 5.74) is 8.73. The van der Waals surface area contributed by atoms with E-state index in [-0.39, 0.29) is 0 Å². The Kier molecular flexibility index (Phi) is 2.36. The highest BCUT2D eigenvalue weighted by Gasteiger charge is 2.19. The number of nitrogens with two attached hydrogens (primary N) is 1. The van der Waals surface area contributed by atoms with E-state index < -0.39 is 0 Å². The van der Waals surface area contributed by atoms with E-state index in [1.54, 1.807) is 6.20 Å². The molecule has 84 valence electrons. The maximum absolute atomic E-state index is 5.66. The summed E-state index contributed by atoms with van der Waals surface area (Å²) in [6.45, 7) is 0.488. The minimum absolute atomic E-state index is 0.488. The number of nitrogens with zero attached hydrogens (tertiary/aromatic N) is 3. The highest BCUT2D eigenvalue weighted by Crippen LogP contribution is 2.32. The summed E-state index contributed by atoms with van der Waals surface area (Å²) in [6.07, 6.45) is 7.01. The van der Waals surface area contributed by atoms with Crippen LogP contribution in [0.3, 0.4) is 0 Å². The van der Waals surface area contributed by atoms with Gasteiger partial charge in [-0.1, -0.05) is 12.8 Å². The number of fused-ring (bicyclic) bond motifs is 1. The fourth-order valence-electron chi connectivity index (χ4n) is 2.51. The number of imidazole rings is 1. The summed E-state index contributed by atoms with van der Waals surface area (Å²) in [5.74, 6) is 0.637. The minimum Gasteiger partial charge on any atom is -0.325 e. The fraction of sp³-hybridized carbons (Fsp3) is 0.500. The van der Waals surface area contributed by atoms with Crippen molar-refractivity contribution in [3.8, 4) is 0 Å². The molecule has 2 N–H and O–H groups in total. The zero-order valence-corrected chi connectivity index (χ0v) is 9.26. The van der Waals surface area contributed by atoms with Crippen LogP contribution in [0.2, 0.25) is 0 Å². The molecule has 4 heteroatoms. The summed E-state index contributed by atoms with van der Waals surface area (Å²) < 4.78 is 1.88. The molecule has 0 spiro atoms. The summed E-state index contributed by atoms with van der Waals surface area (Å²) in [7, 11) is 0. The summed E-state index contributed by atoms with van der Waals surface area (Å²) in [4.78, 5) is 4.28. The molecule has 1 aliphatic carbocycles. The third-order valence-corrected chi connectivity index (χ3v) is 3.44. The van der Waals surface area contributed by atoms with Gasteiger partial charge < -0.3 is 5.73 Å². The smallest absolute Gasteiger partial charge is 0.153 e. The predicted octanol–water partition coefficient (Wildman–Crippen LogP) is 1.85. The van der Waals surface area contributed by atoms with Gasteiger partial charge >= 0.3 is 0 Å². The average Bonchev–Trinajstić information content (AvgIpc) is 2.97. The van der Waals surface area contributed by atoms with Crippen molar-refractivity contribution in [1.29, 1.82) is 0 Å². The highest BCUT2D eigenvalue weighted by atomic mass is 15.3. The molecule has 0 aliphatic heterocycles. The minimum atomic E-state index is 0.488. The molecular weight excluding hydrogens is 200 g/mol. The predicted molar refractivity (Wildman–Crippen MR) is 62.1 cm³/mol. The van der Waals surface area contributed by atoms with Crippen LogP contribution in [0.1, 0.15) is 43.0 Å². The van der Waals surface area contributed by atoms with Gasteiger partial charge in [-0.25, -0.2) is 9.50 Å². The van der Waals surface area contributed by atoms with Crippen molar-refractivity contribution in [2.45, 2.75) is 38.1 Å². The van der Waals surface area contributed by atoms with Crippen LogP contribution < -0.4 is 5.73 Å². The Morgan fingerprint density at radius 1 is 1.31 bits per heavy atom. The third-order valence-electron chi connectivity index (χ3n) is 3.44. The first-order valence-corrected chi connectivity index (χ1v) is 5.92. The van der Waals surface area contributed by atoms with Crippen LogP contribution in [-0.4, -0.2) is 14.6 Å². The van der Waals surface area contributed by atoms with Gasteiger partial charge in [-0.3, -0.25) is 0 Å². The molecule has 0 radical (unpaired) electrons. The Hall–Kier alpha value is -1.42. The first kappa shape index (κ1) is 9.78. The van der Waals surface area contributed by atoms with Crippen LogP contribution in [0.15, 0.2) is 18.3 Å². The molecule has 3 rings (SSSR count). The van der Waals surface area contributed by atoms with Gasteiger partial charge in [0.1, 0.15) is 0 Å². The molecule has 2 heterocycles. The van der Waals surface area contributed by atoms with Crippen LogP contribution >= 0.6 is 0 Å². The first-order chi connectivity index (χ1) is 7.88. The van der Waals surface area contributed by atoms with Gasteiger partial charge in [-0.05, 0) is 25.0 Å². The summed E-state index contributed by atoms with van der Waals surface area (Å²) in [5, 5.41) is 4.66. The lowest BCUT2D eigenvalue weighted by atomic mass is 10.0. The molecule has 0 amide bonds. The molecule has 16 heavy (non-hydrogen) atoms. The van der Waals surface area contributed by atoms with Crippen molar-refractivity contribution in [2.24, 2.45) is 5.73 Å². The van der Waals surface area contributed by atoms with Crippen LogP contribution in [-0.2, 0) is 6.54 Å². The maximum Gasteiger partial charge on any atom is 0.153 e. The third kappa shape index (κ3) is 1.50. The average molecular weight is 216 g/mol. The lowest BCUT2D eigenvalue weighted by molar-refractivity contribution is 0.665. The molecule has 0 atom stereocenters. The molecule has 0 saturated heterocycles. The molecule has 0 aromatic carbocycles. The molecule has 4 nitrogen and oxygen atoms in total. The summed E-state index contributed by atoms with van der Waals surface area (Å²) in [6, 6.07) is 4.15.